The Balaban J connectivity index is 3.05. The number of hydrogen-bond donors (Lipinski definition) is 3. The third-order valence-electron chi connectivity index (χ3n) is 1.79. The van der Waals surface area contributed by atoms with Gasteiger partial charge in [-0.05, 0) is 12.1 Å². The van der Waals surface area contributed by atoms with Crippen LogP contribution in [0.25, 0.3) is 0 Å². The molecule has 0 aromatic carbocycles. The van der Waals surface area contributed by atoms with Gasteiger partial charge in [0, 0.05) is 6.20 Å². The average molecular weight is 281 g/mol. The fraction of sp³-hybridized carbons (Fsp3) is 0.250. The summed E-state index contributed by atoms with van der Waals surface area (Å²) in [5.74, 6) is -1.49. The summed E-state index contributed by atoms with van der Waals surface area (Å²) < 4.78 is 25.2. The maximum atomic E-state index is 11.7. The van der Waals surface area contributed by atoms with Gasteiger partial charge in [-0.25, -0.2) is 13.4 Å². The number of nitrogens with one attached hydrogen (secondary N) is 1. The van der Waals surface area contributed by atoms with Crippen LogP contribution in [0.15, 0.2) is 23.2 Å². The van der Waals surface area contributed by atoms with Crippen LogP contribution in [0.2, 0.25) is 5.15 Å². The summed E-state index contributed by atoms with van der Waals surface area (Å²) in [5, 5.41) is 17.1. The molecule has 0 saturated carbocycles. The van der Waals surface area contributed by atoms with E-state index in [1.54, 1.807) is 4.72 Å². The number of aliphatic hydroxyl groups is 1. The number of sulfonamides is 1. The Bertz CT molecular complexity index is 518. The topological polar surface area (TPSA) is 117 Å². The molecule has 1 rings (SSSR count). The maximum absolute atomic E-state index is 11.7. The molecule has 0 amide bonds. The van der Waals surface area contributed by atoms with Gasteiger partial charge in [-0.2, -0.15) is 4.72 Å². The van der Waals surface area contributed by atoms with Crippen molar-refractivity contribution in [3.63, 3.8) is 0 Å². The maximum Gasteiger partial charge on any atom is 0.324 e. The van der Waals surface area contributed by atoms with Crippen LogP contribution in [0.3, 0.4) is 0 Å². The van der Waals surface area contributed by atoms with Gasteiger partial charge < -0.3 is 10.2 Å². The number of aliphatic carboxylic acids is 1. The molecule has 0 aliphatic rings. The van der Waals surface area contributed by atoms with Crippen molar-refractivity contribution in [1.82, 2.24) is 9.71 Å². The number of aromatic nitrogens is 1. The standard InChI is InChI=1S/C8H9ClN2O5S/c9-7-6(2-1-3-10-7)17(15,16)11-5(4-12)8(13)14/h1-3,5,11-12H,4H2,(H,13,14)/t5-/m0/s1. The number of nitrogens with zero attached hydrogens (tertiary/aromatic N) is 1. The van der Waals surface area contributed by atoms with Gasteiger partial charge in [-0.1, -0.05) is 11.6 Å². The van der Waals surface area contributed by atoms with Crippen LogP contribution in [-0.2, 0) is 14.8 Å². The smallest absolute Gasteiger partial charge is 0.324 e. The Morgan fingerprint density at radius 3 is 2.71 bits per heavy atom. The van der Waals surface area contributed by atoms with E-state index in [9.17, 15) is 13.2 Å². The molecule has 0 aliphatic heterocycles. The molecule has 1 atom stereocenters. The summed E-state index contributed by atoms with van der Waals surface area (Å²) in [6, 6.07) is 0.889. The predicted molar refractivity (Wildman–Crippen MR) is 58.1 cm³/mol. The number of carboxylic acid groups (broad SMARTS) is 1. The summed E-state index contributed by atoms with van der Waals surface area (Å²) in [5.41, 5.74) is 0. The lowest BCUT2D eigenvalue weighted by atomic mass is 10.3. The number of carboxylic acids is 1. The Morgan fingerprint density at radius 2 is 2.24 bits per heavy atom. The first-order valence-corrected chi connectivity index (χ1v) is 6.21. The van der Waals surface area contributed by atoms with E-state index in [2.05, 4.69) is 4.98 Å². The van der Waals surface area contributed by atoms with Crippen LogP contribution in [0.4, 0.5) is 0 Å². The Hall–Kier alpha value is -1.22. The summed E-state index contributed by atoms with van der Waals surface area (Å²) in [6.07, 6.45) is 1.29. The molecule has 1 aromatic rings. The number of aliphatic hydroxyl groups excluding tert-OH is 1. The van der Waals surface area contributed by atoms with Crippen molar-refractivity contribution in [3.05, 3.63) is 23.5 Å². The monoisotopic (exact) mass is 280 g/mol. The van der Waals surface area contributed by atoms with Crippen molar-refractivity contribution in [1.29, 1.82) is 0 Å². The second kappa shape index (κ2) is 5.41. The Morgan fingerprint density at radius 1 is 1.59 bits per heavy atom. The van der Waals surface area contributed by atoms with Crippen LogP contribution < -0.4 is 4.72 Å². The van der Waals surface area contributed by atoms with Gasteiger partial charge in [-0.3, -0.25) is 4.79 Å². The molecule has 17 heavy (non-hydrogen) atoms. The van der Waals surface area contributed by atoms with Crippen molar-refractivity contribution in [2.24, 2.45) is 0 Å². The van der Waals surface area contributed by atoms with E-state index in [4.69, 9.17) is 21.8 Å². The minimum Gasteiger partial charge on any atom is -0.480 e. The lowest BCUT2D eigenvalue weighted by Crippen LogP contribution is -2.43. The van der Waals surface area contributed by atoms with Crippen molar-refractivity contribution in [3.8, 4) is 0 Å². The van der Waals surface area contributed by atoms with Gasteiger partial charge in [0.1, 0.15) is 16.1 Å². The highest BCUT2D eigenvalue weighted by Crippen LogP contribution is 2.17. The second-order valence-electron chi connectivity index (χ2n) is 2.99. The molecule has 7 nitrogen and oxygen atoms in total. The van der Waals surface area contributed by atoms with Crippen molar-refractivity contribution in [2.45, 2.75) is 10.9 Å². The minimum absolute atomic E-state index is 0.276. The fourth-order valence-corrected chi connectivity index (χ4v) is 2.62. The number of hydrogen-bond acceptors (Lipinski definition) is 5. The molecule has 9 heteroatoms. The van der Waals surface area contributed by atoms with E-state index in [-0.39, 0.29) is 10.0 Å². The average Bonchev–Trinajstić information content (AvgIpc) is 2.26. The van der Waals surface area contributed by atoms with E-state index in [1.807, 2.05) is 0 Å². The lowest BCUT2D eigenvalue weighted by Gasteiger charge is -2.12. The van der Waals surface area contributed by atoms with Gasteiger partial charge in [-0.15, -0.1) is 0 Å². The molecular weight excluding hydrogens is 272 g/mol. The van der Waals surface area contributed by atoms with Crippen LogP contribution in [0.1, 0.15) is 0 Å². The third kappa shape index (κ3) is 3.37. The highest BCUT2D eigenvalue weighted by molar-refractivity contribution is 7.89. The summed E-state index contributed by atoms with van der Waals surface area (Å²) >= 11 is 5.57. The SMILES string of the molecule is O=C(O)[C@H](CO)NS(=O)(=O)c1cccnc1Cl. The first-order valence-electron chi connectivity index (χ1n) is 4.35. The van der Waals surface area contributed by atoms with Crippen molar-refractivity contribution in [2.75, 3.05) is 6.61 Å². The van der Waals surface area contributed by atoms with E-state index in [0.717, 1.165) is 0 Å². The number of rotatable bonds is 5. The molecular formula is C8H9ClN2O5S. The molecule has 3 N–H and O–H groups in total. The predicted octanol–water partition coefficient (Wildman–Crippen LogP) is -0.541. The van der Waals surface area contributed by atoms with E-state index in [1.165, 1.54) is 18.3 Å². The zero-order valence-electron chi connectivity index (χ0n) is 8.37. The van der Waals surface area contributed by atoms with Crippen LogP contribution in [0.5, 0.6) is 0 Å². The number of carbonyl (C=O) groups is 1. The summed E-state index contributed by atoms with van der Waals surface area (Å²) in [6.45, 7) is -0.869. The fourth-order valence-electron chi connectivity index (χ4n) is 0.988. The quantitative estimate of drug-likeness (QED) is 0.624. The van der Waals surface area contributed by atoms with E-state index >= 15 is 0 Å². The lowest BCUT2D eigenvalue weighted by molar-refractivity contribution is -0.139. The highest BCUT2D eigenvalue weighted by Gasteiger charge is 2.26. The molecule has 0 saturated heterocycles. The largest absolute Gasteiger partial charge is 0.480 e. The molecule has 1 aromatic heterocycles. The summed E-state index contributed by atoms with van der Waals surface area (Å²) in [4.78, 5) is 13.8. The van der Waals surface area contributed by atoms with Gasteiger partial charge in [0.15, 0.2) is 0 Å². The third-order valence-corrected chi connectivity index (χ3v) is 3.71. The molecule has 0 unspecified atom stereocenters. The van der Waals surface area contributed by atoms with E-state index in [0.29, 0.717) is 0 Å². The minimum atomic E-state index is -4.13. The van der Waals surface area contributed by atoms with Crippen molar-refractivity contribution >= 4 is 27.6 Å². The Kier molecular flexibility index (Phi) is 4.40. The van der Waals surface area contributed by atoms with Crippen molar-refractivity contribution < 1.29 is 23.4 Å². The van der Waals surface area contributed by atoms with E-state index < -0.39 is 28.6 Å². The Labute approximate surface area is 102 Å². The highest BCUT2D eigenvalue weighted by atomic mass is 35.5. The van der Waals surface area contributed by atoms with Crippen LogP contribution >= 0.6 is 11.6 Å². The molecule has 94 valence electrons. The summed E-state index contributed by atoms with van der Waals surface area (Å²) in [7, 11) is -4.13. The molecule has 0 aliphatic carbocycles. The zero-order valence-corrected chi connectivity index (χ0v) is 9.94. The van der Waals surface area contributed by atoms with Gasteiger partial charge in [0.2, 0.25) is 10.0 Å². The first kappa shape index (κ1) is 13.8. The number of halogens is 1. The van der Waals surface area contributed by atoms with Crippen LogP contribution in [0, 0.1) is 0 Å². The first-order chi connectivity index (χ1) is 7.88. The second-order valence-corrected chi connectivity index (χ2v) is 5.03. The normalized spacial score (nSPS) is 13.3. The molecule has 0 spiro atoms. The molecule has 0 radical (unpaired) electrons. The molecule has 0 fully saturated rings. The van der Waals surface area contributed by atoms with Gasteiger partial charge >= 0.3 is 5.97 Å². The molecule has 0 bridgehead atoms. The number of pyridine rings is 1. The van der Waals surface area contributed by atoms with Gasteiger partial charge in [0.25, 0.3) is 0 Å². The molecule has 1 heterocycles. The zero-order chi connectivity index (χ0) is 13.1. The van der Waals surface area contributed by atoms with Gasteiger partial charge in [0.05, 0.1) is 6.61 Å². The van der Waals surface area contributed by atoms with Crippen LogP contribution in [-0.4, -0.2) is 42.2 Å².